The number of carboxylic acid groups (broad SMARTS) is 2. The van der Waals surface area contributed by atoms with Gasteiger partial charge in [0.2, 0.25) is 0 Å². The SMILES string of the molecule is C[C@@H]1CC[C@]2(C(=O)O)CC[C@]3(C)C(=CC[C@@H]4[C@@]5(CO)C[C@@H](O)[C@@H](O)[C@@](C)(C(=O)O)[C@@H]5CC[C@]43C)[C@@H]2[C@]1(C)O. The van der Waals surface area contributed by atoms with Crippen molar-refractivity contribution < 1.29 is 40.2 Å². The van der Waals surface area contributed by atoms with Crippen molar-refractivity contribution in [3.05, 3.63) is 11.6 Å². The molecule has 214 valence electrons. The van der Waals surface area contributed by atoms with E-state index in [4.69, 9.17) is 0 Å². The van der Waals surface area contributed by atoms with Crippen LogP contribution in [-0.2, 0) is 9.59 Å². The van der Waals surface area contributed by atoms with Gasteiger partial charge in [0.25, 0.3) is 0 Å². The molecule has 0 aromatic heterocycles. The molecule has 0 spiro atoms. The Bertz CT molecular complexity index is 1070. The number of carboxylic acids is 2. The van der Waals surface area contributed by atoms with Gasteiger partial charge in [0.1, 0.15) is 0 Å². The molecule has 5 rings (SSSR count). The Labute approximate surface area is 225 Å². The average molecular weight is 535 g/mol. The van der Waals surface area contributed by atoms with Crippen molar-refractivity contribution in [3.8, 4) is 0 Å². The summed E-state index contributed by atoms with van der Waals surface area (Å²) in [7, 11) is 0. The molecule has 8 nitrogen and oxygen atoms in total. The molecule has 0 aromatic rings. The molecule has 0 unspecified atom stereocenters. The highest BCUT2D eigenvalue weighted by atomic mass is 16.4. The summed E-state index contributed by atoms with van der Waals surface area (Å²) in [5.74, 6) is -3.28. The normalized spacial score (nSPS) is 56.0. The Balaban J connectivity index is 1.68. The lowest BCUT2D eigenvalue weighted by Crippen LogP contribution is -2.71. The van der Waals surface area contributed by atoms with Gasteiger partial charge in [-0.25, -0.2) is 0 Å². The van der Waals surface area contributed by atoms with Gasteiger partial charge in [0, 0.05) is 17.9 Å². The number of fused-ring (bicyclic) bond motifs is 7. The third kappa shape index (κ3) is 3.01. The maximum Gasteiger partial charge on any atom is 0.312 e. The molecule has 12 atom stereocenters. The lowest BCUT2D eigenvalue weighted by atomic mass is 9.32. The predicted octanol–water partition coefficient (Wildman–Crippen LogP) is 3.21. The van der Waals surface area contributed by atoms with Crippen LogP contribution in [0.15, 0.2) is 11.6 Å². The second-order valence-electron chi connectivity index (χ2n) is 14.5. The van der Waals surface area contributed by atoms with Crippen LogP contribution in [0.5, 0.6) is 0 Å². The highest BCUT2D eigenvalue weighted by Gasteiger charge is 2.74. The van der Waals surface area contributed by atoms with Crippen molar-refractivity contribution in [2.24, 2.45) is 50.7 Å². The molecule has 0 heterocycles. The summed E-state index contributed by atoms with van der Waals surface area (Å²) in [5.41, 5.74) is -4.60. The Morgan fingerprint density at radius 2 is 1.61 bits per heavy atom. The standard InChI is InChI=1S/C30H46O8/c1-16-8-11-29(24(36)37)13-12-25(2)17(21(29)28(16,5)38)6-7-19-26(25,3)10-9-20-27(4,23(34)35)22(33)18(32)14-30(19,20)15-31/h6,16,18-22,31-33,38H,7-15H2,1-5H3,(H,34,35)(H,36,37)/t16-,18-,19+,20+,21-,22-,25-,26-,27+,28-,29+,30+/m1/s1. The van der Waals surface area contributed by atoms with Gasteiger partial charge < -0.3 is 30.6 Å². The molecule has 4 fully saturated rings. The van der Waals surface area contributed by atoms with E-state index in [1.807, 2.05) is 6.92 Å². The van der Waals surface area contributed by atoms with Crippen molar-refractivity contribution in [1.82, 2.24) is 0 Å². The van der Waals surface area contributed by atoms with Crippen LogP contribution in [0.25, 0.3) is 0 Å². The minimum Gasteiger partial charge on any atom is -0.481 e. The largest absolute Gasteiger partial charge is 0.481 e. The maximum absolute atomic E-state index is 12.9. The summed E-state index contributed by atoms with van der Waals surface area (Å²) >= 11 is 0. The van der Waals surface area contributed by atoms with Crippen LogP contribution < -0.4 is 0 Å². The van der Waals surface area contributed by atoms with Gasteiger partial charge in [-0.15, -0.1) is 0 Å². The minimum absolute atomic E-state index is 0.0560. The zero-order chi connectivity index (χ0) is 28.3. The maximum atomic E-state index is 12.9. The number of hydrogen-bond donors (Lipinski definition) is 6. The highest BCUT2D eigenvalue weighted by molar-refractivity contribution is 5.77. The van der Waals surface area contributed by atoms with E-state index in [2.05, 4.69) is 19.9 Å². The molecule has 5 aliphatic carbocycles. The lowest BCUT2D eigenvalue weighted by Gasteiger charge is -2.72. The van der Waals surface area contributed by atoms with Crippen molar-refractivity contribution in [1.29, 1.82) is 0 Å². The fourth-order valence-electron chi connectivity index (χ4n) is 10.9. The molecule has 38 heavy (non-hydrogen) atoms. The first kappa shape index (κ1) is 28.1. The molecule has 0 saturated heterocycles. The van der Waals surface area contributed by atoms with Crippen LogP contribution in [0.3, 0.4) is 0 Å². The topological polar surface area (TPSA) is 156 Å². The first-order valence-electron chi connectivity index (χ1n) is 14.4. The van der Waals surface area contributed by atoms with Crippen molar-refractivity contribution >= 4 is 11.9 Å². The molecular weight excluding hydrogens is 488 g/mol. The number of carbonyl (C=O) groups is 2. The summed E-state index contributed by atoms with van der Waals surface area (Å²) in [6.07, 6.45) is 3.44. The third-order valence-corrected chi connectivity index (χ3v) is 13.6. The zero-order valence-corrected chi connectivity index (χ0v) is 23.4. The molecule has 0 aliphatic heterocycles. The second-order valence-corrected chi connectivity index (χ2v) is 14.5. The van der Waals surface area contributed by atoms with Crippen LogP contribution in [0.1, 0.15) is 86.0 Å². The average Bonchev–Trinajstić information content (AvgIpc) is 2.84. The van der Waals surface area contributed by atoms with E-state index < -0.39 is 68.7 Å². The first-order chi connectivity index (χ1) is 17.5. The Kier molecular flexibility index (Phi) is 6.11. The Morgan fingerprint density at radius 3 is 2.18 bits per heavy atom. The lowest BCUT2D eigenvalue weighted by molar-refractivity contribution is -0.256. The van der Waals surface area contributed by atoms with E-state index in [-0.39, 0.29) is 24.9 Å². The smallest absolute Gasteiger partial charge is 0.312 e. The van der Waals surface area contributed by atoms with Crippen LogP contribution in [0, 0.1) is 50.7 Å². The van der Waals surface area contributed by atoms with E-state index >= 15 is 0 Å². The monoisotopic (exact) mass is 534 g/mol. The quantitative estimate of drug-likeness (QED) is 0.302. The van der Waals surface area contributed by atoms with E-state index in [0.717, 1.165) is 5.57 Å². The third-order valence-electron chi connectivity index (χ3n) is 13.6. The first-order valence-corrected chi connectivity index (χ1v) is 14.4. The molecule has 0 amide bonds. The number of allylic oxidation sites excluding steroid dienone is 1. The molecule has 4 saturated carbocycles. The van der Waals surface area contributed by atoms with Crippen LogP contribution >= 0.6 is 0 Å². The molecule has 5 aliphatic rings. The van der Waals surface area contributed by atoms with Crippen molar-refractivity contribution in [3.63, 3.8) is 0 Å². The number of rotatable bonds is 3. The van der Waals surface area contributed by atoms with Crippen molar-refractivity contribution in [2.45, 2.75) is 104 Å². The van der Waals surface area contributed by atoms with E-state index in [9.17, 15) is 40.2 Å². The number of aliphatic hydroxyl groups excluding tert-OH is 3. The van der Waals surface area contributed by atoms with Crippen molar-refractivity contribution in [2.75, 3.05) is 6.61 Å². The van der Waals surface area contributed by atoms with Crippen LogP contribution in [-0.4, -0.2) is 67.0 Å². The number of aliphatic carboxylic acids is 2. The van der Waals surface area contributed by atoms with Gasteiger partial charge in [-0.1, -0.05) is 32.4 Å². The highest BCUT2D eigenvalue weighted by Crippen LogP contribution is 2.76. The fourth-order valence-corrected chi connectivity index (χ4v) is 10.9. The van der Waals surface area contributed by atoms with Gasteiger partial charge >= 0.3 is 11.9 Å². The van der Waals surface area contributed by atoms with Gasteiger partial charge in [0.15, 0.2) is 0 Å². The van der Waals surface area contributed by atoms with Gasteiger partial charge in [-0.05, 0) is 93.8 Å². The fraction of sp³-hybridized carbons (Fsp3) is 0.867. The van der Waals surface area contributed by atoms with Crippen LogP contribution in [0.4, 0.5) is 0 Å². The van der Waals surface area contributed by atoms with Gasteiger partial charge in [-0.3, -0.25) is 9.59 Å². The summed E-state index contributed by atoms with van der Waals surface area (Å²) < 4.78 is 0. The Hall–Kier alpha value is -1.48. The minimum atomic E-state index is -1.60. The van der Waals surface area contributed by atoms with Crippen LogP contribution in [0.2, 0.25) is 0 Å². The predicted molar refractivity (Wildman–Crippen MR) is 139 cm³/mol. The number of hydrogen-bond acceptors (Lipinski definition) is 6. The van der Waals surface area contributed by atoms with Gasteiger partial charge in [0.05, 0.1) is 28.6 Å². The summed E-state index contributed by atoms with van der Waals surface area (Å²) in [6, 6.07) is 0. The van der Waals surface area contributed by atoms with E-state index in [1.54, 1.807) is 6.92 Å². The molecule has 0 radical (unpaired) electrons. The molecule has 0 aromatic carbocycles. The molecule has 0 bridgehead atoms. The number of aliphatic hydroxyl groups is 4. The molecule has 8 heteroatoms. The van der Waals surface area contributed by atoms with Gasteiger partial charge in [-0.2, -0.15) is 0 Å². The van der Waals surface area contributed by atoms with E-state index in [0.29, 0.717) is 44.9 Å². The second kappa shape index (κ2) is 8.27. The van der Waals surface area contributed by atoms with E-state index in [1.165, 1.54) is 6.92 Å². The zero-order valence-electron chi connectivity index (χ0n) is 23.4. The molecule has 6 N–H and O–H groups in total. The Morgan fingerprint density at radius 1 is 0.947 bits per heavy atom. The summed E-state index contributed by atoms with van der Waals surface area (Å²) in [4.78, 5) is 25.4. The summed E-state index contributed by atoms with van der Waals surface area (Å²) in [5, 5.41) is 65.6. The summed E-state index contributed by atoms with van der Waals surface area (Å²) in [6.45, 7) is 9.39. The molecular formula is C30H46O8.